The number of carbonyl (C=O) groups excluding carboxylic acids is 2. The number of Topliss-reactive ketones (excluding diaryl/α,β-unsaturated/α-hetero) is 1. The summed E-state index contributed by atoms with van der Waals surface area (Å²) in [6, 6.07) is 6.15. The highest BCUT2D eigenvalue weighted by atomic mass is 31.2. The summed E-state index contributed by atoms with van der Waals surface area (Å²) >= 11 is 0. The van der Waals surface area contributed by atoms with Crippen molar-refractivity contribution in [2.45, 2.75) is 32.9 Å². The molecule has 116 valence electrons. The van der Waals surface area contributed by atoms with Crippen LogP contribution in [0.3, 0.4) is 0 Å². The van der Waals surface area contributed by atoms with Crippen LogP contribution < -0.4 is 5.32 Å². The van der Waals surface area contributed by atoms with Crippen molar-refractivity contribution in [3.8, 4) is 0 Å². The molecule has 1 unspecified atom stereocenters. The van der Waals surface area contributed by atoms with Crippen molar-refractivity contribution in [3.63, 3.8) is 0 Å². The minimum atomic E-state index is -4.51. The van der Waals surface area contributed by atoms with Gasteiger partial charge in [-0.3, -0.25) is 14.2 Å². The van der Waals surface area contributed by atoms with Crippen molar-refractivity contribution in [2.24, 2.45) is 5.92 Å². The molecule has 0 saturated heterocycles. The van der Waals surface area contributed by atoms with Crippen LogP contribution in [-0.2, 0) is 9.36 Å². The SMILES string of the molecule is CC(=O)c1ccc(NC(=O)C(CC(C)C)P(=O)(O)O)cc1. The molecule has 0 aliphatic carbocycles. The first kappa shape index (κ1) is 17.6. The summed E-state index contributed by atoms with van der Waals surface area (Å²) in [5.41, 5.74) is -0.473. The van der Waals surface area contributed by atoms with Crippen molar-refractivity contribution < 1.29 is 23.9 Å². The minimum Gasteiger partial charge on any atom is -0.325 e. The summed E-state index contributed by atoms with van der Waals surface area (Å²) in [6.07, 6.45) is 0.0988. The molecule has 6 nitrogen and oxygen atoms in total. The maximum Gasteiger partial charge on any atom is 0.337 e. The van der Waals surface area contributed by atoms with Gasteiger partial charge in [-0.2, -0.15) is 0 Å². The van der Waals surface area contributed by atoms with E-state index in [1.165, 1.54) is 19.1 Å². The van der Waals surface area contributed by atoms with E-state index in [0.717, 1.165) is 0 Å². The lowest BCUT2D eigenvalue weighted by Gasteiger charge is -2.19. The Morgan fingerprint density at radius 3 is 2.10 bits per heavy atom. The Morgan fingerprint density at radius 1 is 1.19 bits per heavy atom. The zero-order valence-corrected chi connectivity index (χ0v) is 13.1. The molecule has 0 aliphatic heterocycles. The monoisotopic (exact) mass is 313 g/mol. The molecule has 1 atom stereocenters. The zero-order chi connectivity index (χ0) is 16.2. The number of ketones is 1. The molecule has 0 radical (unpaired) electrons. The van der Waals surface area contributed by atoms with Gasteiger partial charge in [-0.15, -0.1) is 0 Å². The Balaban J connectivity index is 2.86. The lowest BCUT2D eigenvalue weighted by atomic mass is 10.1. The van der Waals surface area contributed by atoms with Gasteiger partial charge in [-0.25, -0.2) is 0 Å². The van der Waals surface area contributed by atoms with Crippen molar-refractivity contribution in [1.29, 1.82) is 0 Å². The molecule has 3 N–H and O–H groups in total. The Morgan fingerprint density at radius 2 is 1.71 bits per heavy atom. The van der Waals surface area contributed by atoms with Crippen LogP contribution in [0.1, 0.15) is 37.6 Å². The zero-order valence-electron chi connectivity index (χ0n) is 12.2. The molecule has 1 amide bonds. The molecular formula is C14H20NO5P. The maximum atomic E-state index is 12.0. The van der Waals surface area contributed by atoms with Gasteiger partial charge in [0.05, 0.1) is 0 Å². The molecule has 1 aromatic carbocycles. The molecule has 21 heavy (non-hydrogen) atoms. The average Bonchev–Trinajstić information content (AvgIpc) is 2.35. The molecule has 0 heterocycles. The van der Waals surface area contributed by atoms with E-state index < -0.39 is 19.2 Å². The number of benzene rings is 1. The predicted octanol–water partition coefficient (Wildman–Crippen LogP) is 2.42. The first-order chi connectivity index (χ1) is 9.61. The number of amides is 1. The van der Waals surface area contributed by atoms with E-state index >= 15 is 0 Å². The van der Waals surface area contributed by atoms with Crippen LogP contribution in [0.5, 0.6) is 0 Å². The second kappa shape index (κ2) is 6.98. The van der Waals surface area contributed by atoms with Crippen molar-refractivity contribution in [2.75, 3.05) is 5.32 Å². The molecule has 0 aliphatic rings. The fourth-order valence-corrected chi connectivity index (χ4v) is 2.92. The minimum absolute atomic E-state index is 0.0199. The number of hydrogen-bond donors (Lipinski definition) is 3. The van der Waals surface area contributed by atoms with Gasteiger partial charge >= 0.3 is 7.60 Å². The van der Waals surface area contributed by atoms with E-state index in [9.17, 15) is 23.9 Å². The number of hydrogen-bond acceptors (Lipinski definition) is 3. The molecular weight excluding hydrogens is 293 g/mol. The van der Waals surface area contributed by atoms with Crippen LogP contribution in [-0.4, -0.2) is 27.1 Å². The Kier molecular flexibility index (Phi) is 5.84. The van der Waals surface area contributed by atoms with Gasteiger partial charge in [-0.05, 0) is 43.5 Å². The Bertz CT molecular complexity index is 561. The molecule has 7 heteroatoms. The number of carbonyl (C=O) groups is 2. The average molecular weight is 313 g/mol. The number of rotatable bonds is 6. The summed E-state index contributed by atoms with van der Waals surface area (Å²) in [6.45, 7) is 5.01. The lowest BCUT2D eigenvalue weighted by Crippen LogP contribution is -2.29. The molecule has 0 bridgehead atoms. The Hall–Kier alpha value is -1.49. The third kappa shape index (κ3) is 5.42. The van der Waals surface area contributed by atoms with E-state index in [2.05, 4.69) is 5.32 Å². The van der Waals surface area contributed by atoms with Crippen LogP contribution in [0, 0.1) is 5.92 Å². The second-order valence-corrected chi connectivity index (χ2v) is 7.16. The van der Waals surface area contributed by atoms with Gasteiger partial charge in [0, 0.05) is 11.3 Å². The summed E-state index contributed by atoms with van der Waals surface area (Å²) in [5, 5.41) is 2.48. The predicted molar refractivity (Wildman–Crippen MR) is 80.4 cm³/mol. The molecule has 1 aromatic rings. The van der Waals surface area contributed by atoms with Gasteiger partial charge in [0.15, 0.2) is 5.78 Å². The standard InChI is InChI=1S/C14H20NO5P/c1-9(2)8-13(21(18,19)20)14(17)15-12-6-4-11(5-7-12)10(3)16/h4-7,9,13H,8H2,1-3H3,(H,15,17)(H2,18,19,20). The van der Waals surface area contributed by atoms with Crippen LogP contribution in [0.2, 0.25) is 0 Å². The number of anilines is 1. The first-order valence-electron chi connectivity index (χ1n) is 6.58. The van der Waals surface area contributed by atoms with E-state index in [4.69, 9.17) is 0 Å². The van der Waals surface area contributed by atoms with Gasteiger partial charge in [0.25, 0.3) is 0 Å². The summed E-state index contributed by atoms with van der Waals surface area (Å²) in [5.74, 6) is -0.832. The molecule has 0 aromatic heterocycles. The highest BCUT2D eigenvalue weighted by Gasteiger charge is 2.36. The lowest BCUT2D eigenvalue weighted by molar-refractivity contribution is -0.116. The summed E-state index contributed by atoms with van der Waals surface area (Å²) in [4.78, 5) is 41.8. The summed E-state index contributed by atoms with van der Waals surface area (Å²) < 4.78 is 11.4. The van der Waals surface area contributed by atoms with Crippen LogP contribution in [0.4, 0.5) is 5.69 Å². The fraction of sp³-hybridized carbons (Fsp3) is 0.429. The van der Waals surface area contributed by atoms with Crippen LogP contribution in [0.15, 0.2) is 24.3 Å². The Labute approximate surface area is 123 Å². The highest BCUT2D eigenvalue weighted by molar-refractivity contribution is 7.53. The van der Waals surface area contributed by atoms with Crippen molar-refractivity contribution in [3.05, 3.63) is 29.8 Å². The largest absolute Gasteiger partial charge is 0.337 e. The third-order valence-corrected chi connectivity index (χ3v) is 4.22. The van der Waals surface area contributed by atoms with E-state index in [0.29, 0.717) is 11.3 Å². The fourth-order valence-electron chi connectivity index (χ4n) is 1.86. The van der Waals surface area contributed by atoms with Crippen LogP contribution >= 0.6 is 7.60 Å². The molecule has 0 saturated carbocycles. The first-order valence-corrected chi connectivity index (χ1v) is 8.26. The van der Waals surface area contributed by atoms with E-state index in [-0.39, 0.29) is 18.1 Å². The number of nitrogens with one attached hydrogen (secondary N) is 1. The van der Waals surface area contributed by atoms with Crippen LogP contribution in [0.25, 0.3) is 0 Å². The highest BCUT2D eigenvalue weighted by Crippen LogP contribution is 2.44. The molecule has 0 spiro atoms. The summed E-state index contributed by atoms with van der Waals surface area (Å²) in [7, 11) is -4.51. The van der Waals surface area contributed by atoms with Gasteiger partial charge in [0.1, 0.15) is 5.66 Å². The van der Waals surface area contributed by atoms with Crippen molar-refractivity contribution in [1.82, 2.24) is 0 Å². The van der Waals surface area contributed by atoms with E-state index in [1.807, 2.05) is 0 Å². The van der Waals surface area contributed by atoms with E-state index in [1.54, 1.807) is 26.0 Å². The van der Waals surface area contributed by atoms with Gasteiger partial charge in [0.2, 0.25) is 5.91 Å². The molecule has 1 rings (SSSR count). The topological polar surface area (TPSA) is 104 Å². The quantitative estimate of drug-likeness (QED) is 0.553. The van der Waals surface area contributed by atoms with Gasteiger partial charge in [-0.1, -0.05) is 13.8 Å². The maximum absolute atomic E-state index is 12.0. The normalized spacial score (nSPS) is 13.0. The third-order valence-electron chi connectivity index (χ3n) is 2.96. The van der Waals surface area contributed by atoms with Gasteiger partial charge < -0.3 is 15.1 Å². The smallest absolute Gasteiger partial charge is 0.325 e. The second-order valence-electron chi connectivity index (χ2n) is 5.36. The van der Waals surface area contributed by atoms with Crippen molar-refractivity contribution >= 4 is 25.0 Å². The molecule has 0 fully saturated rings.